The third kappa shape index (κ3) is 3.90. The first-order valence-corrected chi connectivity index (χ1v) is 9.66. The van der Waals surface area contributed by atoms with Gasteiger partial charge in [-0.05, 0) is 76.5 Å². The van der Waals surface area contributed by atoms with Gasteiger partial charge in [-0.25, -0.2) is 0 Å². The van der Waals surface area contributed by atoms with Gasteiger partial charge in [0, 0.05) is 31.6 Å². The van der Waals surface area contributed by atoms with Gasteiger partial charge in [0.05, 0.1) is 0 Å². The lowest BCUT2D eigenvalue weighted by Gasteiger charge is -2.55. The van der Waals surface area contributed by atoms with Gasteiger partial charge in [0.15, 0.2) is 6.29 Å². The van der Waals surface area contributed by atoms with Gasteiger partial charge in [-0.3, -0.25) is 4.79 Å². The molecule has 0 aromatic rings. The van der Waals surface area contributed by atoms with E-state index in [1.54, 1.807) is 0 Å². The minimum Gasteiger partial charge on any atom is -0.356 e. The number of amides is 1. The summed E-state index contributed by atoms with van der Waals surface area (Å²) in [7, 11) is 0. The Balaban J connectivity index is 1.43. The van der Waals surface area contributed by atoms with E-state index in [9.17, 15) is 4.79 Å². The topological polar surface area (TPSA) is 47.6 Å². The van der Waals surface area contributed by atoms with Crippen LogP contribution in [0.25, 0.3) is 0 Å². The van der Waals surface area contributed by atoms with Crippen molar-refractivity contribution in [3.05, 3.63) is 0 Å². The van der Waals surface area contributed by atoms with E-state index in [1.165, 1.54) is 19.3 Å². The molecule has 0 spiro atoms. The summed E-state index contributed by atoms with van der Waals surface area (Å²) in [5, 5.41) is 3.23. The molecule has 4 saturated carbocycles. The molecule has 4 heteroatoms. The molecule has 4 bridgehead atoms. The molecule has 4 aliphatic carbocycles. The van der Waals surface area contributed by atoms with Crippen LogP contribution in [0.3, 0.4) is 0 Å². The van der Waals surface area contributed by atoms with Crippen LogP contribution in [-0.2, 0) is 14.3 Å². The van der Waals surface area contributed by atoms with E-state index in [0.717, 1.165) is 56.4 Å². The van der Waals surface area contributed by atoms with Crippen LogP contribution < -0.4 is 5.32 Å². The molecule has 0 aromatic heterocycles. The third-order valence-corrected chi connectivity index (χ3v) is 6.13. The molecule has 0 aliphatic heterocycles. The SMILES string of the molecule is CCOC(CCCNC(=O)C12CC3CC(CC(C3)C1)C2)OCC. The fraction of sp³-hybridized carbons (Fsp3) is 0.947. The monoisotopic (exact) mass is 323 g/mol. The van der Waals surface area contributed by atoms with Crippen LogP contribution in [0.15, 0.2) is 0 Å². The molecule has 4 fully saturated rings. The maximum absolute atomic E-state index is 12.8. The van der Waals surface area contributed by atoms with Crippen LogP contribution in [0.5, 0.6) is 0 Å². The highest BCUT2D eigenvalue weighted by Gasteiger charge is 2.54. The molecule has 0 aromatic carbocycles. The molecular weight excluding hydrogens is 290 g/mol. The van der Waals surface area contributed by atoms with Gasteiger partial charge in [-0.1, -0.05) is 0 Å². The van der Waals surface area contributed by atoms with Crippen molar-refractivity contribution in [2.24, 2.45) is 23.2 Å². The Labute approximate surface area is 140 Å². The van der Waals surface area contributed by atoms with Gasteiger partial charge in [-0.15, -0.1) is 0 Å². The van der Waals surface area contributed by atoms with Gasteiger partial charge in [0.25, 0.3) is 0 Å². The Hall–Kier alpha value is -0.610. The summed E-state index contributed by atoms with van der Waals surface area (Å²) in [5.41, 5.74) is -0.0199. The summed E-state index contributed by atoms with van der Waals surface area (Å²) in [6.07, 6.45) is 9.24. The Kier molecular flexibility index (Phi) is 5.63. The number of hydrogen-bond donors (Lipinski definition) is 1. The average molecular weight is 323 g/mol. The van der Waals surface area contributed by atoms with Crippen LogP contribution in [0.2, 0.25) is 0 Å². The molecule has 4 nitrogen and oxygen atoms in total. The van der Waals surface area contributed by atoms with E-state index in [1.807, 2.05) is 13.8 Å². The van der Waals surface area contributed by atoms with Crippen LogP contribution in [-0.4, -0.2) is 32.0 Å². The summed E-state index contributed by atoms with van der Waals surface area (Å²) in [5.74, 6) is 2.81. The second-order valence-corrected chi connectivity index (χ2v) is 7.94. The average Bonchev–Trinajstić information content (AvgIpc) is 2.50. The molecule has 0 radical (unpaired) electrons. The van der Waals surface area contributed by atoms with Crippen molar-refractivity contribution >= 4 is 5.91 Å². The normalized spacial score (nSPS) is 35.0. The minimum atomic E-state index is -0.124. The van der Waals surface area contributed by atoms with Crippen molar-refractivity contribution in [1.82, 2.24) is 5.32 Å². The fourth-order valence-corrected chi connectivity index (χ4v) is 5.63. The molecule has 1 amide bonds. The first-order chi connectivity index (χ1) is 11.1. The van der Waals surface area contributed by atoms with Crippen molar-refractivity contribution < 1.29 is 14.3 Å². The first kappa shape index (κ1) is 17.2. The molecule has 4 rings (SSSR count). The first-order valence-electron chi connectivity index (χ1n) is 9.66. The summed E-state index contributed by atoms with van der Waals surface area (Å²) in [6.45, 7) is 6.06. The lowest BCUT2D eigenvalue weighted by molar-refractivity contribution is -0.147. The van der Waals surface area contributed by atoms with E-state index in [0.29, 0.717) is 19.1 Å². The van der Waals surface area contributed by atoms with E-state index in [-0.39, 0.29) is 11.7 Å². The zero-order valence-electron chi connectivity index (χ0n) is 14.8. The Bertz CT molecular complexity index is 368. The number of carbonyl (C=O) groups is 1. The summed E-state index contributed by atoms with van der Waals surface area (Å²) >= 11 is 0. The number of carbonyl (C=O) groups excluding carboxylic acids is 1. The molecule has 1 N–H and O–H groups in total. The number of rotatable bonds is 9. The third-order valence-electron chi connectivity index (χ3n) is 6.13. The largest absolute Gasteiger partial charge is 0.356 e. The number of ether oxygens (including phenoxy) is 2. The maximum atomic E-state index is 12.8. The second-order valence-electron chi connectivity index (χ2n) is 7.94. The second kappa shape index (κ2) is 7.52. The fourth-order valence-electron chi connectivity index (χ4n) is 5.63. The lowest BCUT2D eigenvalue weighted by atomic mass is 9.49. The van der Waals surface area contributed by atoms with E-state index in [2.05, 4.69) is 5.32 Å². The summed E-state index contributed by atoms with van der Waals surface area (Å²) in [4.78, 5) is 12.8. The van der Waals surface area contributed by atoms with E-state index >= 15 is 0 Å². The maximum Gasteiger partial charge on any atom is 0.226 e. The Morgan fingerprint density at radius 1 is 1.04 bits per heavy atom. The molecule has 0 atom stereocenters. The minimum absolute atomic E-state index is 0.0199. The highest BCUT2D eigenvalue weighted by atomic mass is 16.7. The van der Waals surface area contributed by atoms with E-state index in [4.69, 9.17) is 9.47 Å². The Morgan fingerprint density at radius 3 is 2.04 bits per heavy atom. The van der Waals surface area contributed by atoms with Crippen LogP contribution in [0.4, 0.5) is 0 Å². The Morgan fingerprint density at radius 2 is 1.57 bits per heavy atom. The molecule has 23 heavy (non-hydrogen) atoms. The van der Waals surface area contributed by atoms with Crippen molar-refractivity contribution in [3.63, 3.8) is 0 Å². The molecule has 0 saturated heterocycles. The highest BCUT2D eigenvalue weighted by molar-refractivity contribution is 5.83. The standard InChI is InChI=1S/C19H33NO3/c1-3-22-17(23-4-2)6-5-7-20-18(21)19-11-14-8-15(12-19)10-16(9-14)13-19/h14-17H,3-13H2,1-2H3,(H,20,21). The van der Waals surface area contributed by atoms with Gasteiger partial charge in [-0.2, -0.15) is 0 Å². The lowest BCUT2D eigenvalue weighted by Crippen LogP contribution is -2.53. The van der Waals surface area contributed by atoms with Gasteiger partial charge in [0.1, 0.15) is 0 Å². The van der Waals surface area contributed by atoms with Crippen molar-refractivity contribution in [3.8, 4) is 0 Å². The van der Waals surface area contributed by atoms with Gasteiger partial charge < -0.3 is 14.8 Å². The van der Waals surface area contributed by atoms with Crippen LogP contribution in [0.1, 0.15) is 65.2 Å². The number of nitrogens with one attached hydrogen (secondary N) is 1. The molecule has 0 unspecified atom stereocenters. The molecule has 132 valence electrons. The highest BCUT2D eigenvalue weighted by Crippen LogP contribution is 2.60. The zero-order chi connectivity index (χ0) is 16.3. The van der Waals surface area contributed by atoms with Crippen LogP contribution >= 0.6 is 0 Å². The van der Waals surface area contributed by atoms with Crippen molar-refractivity contribution in [1.29, 1.82) is 0 Å². The molecular formula is C19H33NO3. The van der Waals surface area contributed by atoms with E-state index < -0.39 is 0 Å². The molecule has 0 heterocycles. The smallest absolute Gasteiger partial charge is 0.226 e. The predicted octanol–water partition coefficient (Wildman–Crippen LogP) is 3.50. The van der Waals surface area contributed by atoms with Crippen molar-refractivity contribution in [2.75, 3.05) is 19.8 Å². The van der Waals surface area contributed by atoms with Crippen LogP contribution in [0, 0.1) is 23.2 Å². The molecule has 4 aliphatic rings. The quantitative estimate of drug-likeness (QED) is 0.522. The van der Waals surface area contributed by atoms with Crippen molar-refractivity contribution in [2.45, 2.75) is 71.5 Å². The number of hydrogen-bond acceptors (Lipinski definition) is 3. The van der Waals surface area contributed by atoms with Gasteiger partial charge >= 0.3 is 0 Å². The zero-order valence-corrected chi connectivity index (χ0v) is 14.8. The summed E-state index contributed by atoms with van der Waals surface area (Å²) in [6, 6.07) is 0. The summed E-state index contributed by atoms with van der Waals surface area (Å²) < 4.78 is 11.1. The van der Waals surface area contributed by atoms with Gasteiger partial charge in [0.2, 0.25) is 5.91 Å². The predicted molar refractivity (Wildman–Crippen MR) is 89.9 cm³/mol.